The second-order valence-electron chi connectivity index (χ2n) is 4.16. The molecule has 0 heterocycles. The molecule has 19 heavy (non-hydrogen) atoms. The molecule has 0 aromatic heterocycles. The largest absolute Gasteiger partial charge is 0.488 e. The summed E-state index contributed by atoms with van der Waals surface area (Å²) in [6.07, 6.45) is 0.585. The van der Waals surface area contributed by atoms with E-state index in [-0.39, 0.29) is 6.61 Å². The summed E-state index contributed by atoms with van der Waals surface area (Å²) in [4.78, 5) is 1.27. The van der Waals surface area contributed by atoms with Gasteiger partial charge < -0.3 is 9.64 Å². The molecule has 0 bridgehead atoms. The van der Waals surface area contributed by atoms with Crippen molar-refractivity contribution in [3.63, 3.8) is 0 Å². The van der Waals surface area contributed by atoms with E-state index in [1.807, 2.05) is 19.0 Å². The van der Waals surface area contributed by atoms with Gasteiger partial charge in [-0.1, -0.05) is 0 Å². The third-order valence-corrected chi connectivity index (χ3v) is 3.58. The molecule has 0 aliphatic heterocycles. The summed E-state index contributed by atoms with van der Waals surface area (Å²) < 4.78 is 54.0. The molecule has 0 saturated carbocycles. The van der Waals surface area contributed by atoms with Crippen LogP contribution in [0, 0.1) is 11.6 Å². The Labute approximate surface area is 115 Å². The Morgan fingerprint density at radius 2 is 1.79 bits per heavy atom. The highest BCUT2D eigenvalue weighted by atomic mass is 35.7. The number of nitrogens with zero attached hydrogens (tertiary/aromatic N) is 1. The quantitative estimate of drug-likeness (QED) is 0.597. The van der Waals surface area contributed by atoms with Gasteiger partial charge in [-0.05, 0) is 32.6 Å². The van der Waals surface area contributed by atoms with Gasteiger partial charge in [0.2, 0.25) is 0 Å². The molecule has 8 heteroatoms. The minimum Gasteiger partial charge on any atom is -0.488 e. The summed E-state index contributed by atoms with van der Waals surface area (Å²) in [6.45, 7) is 0.830. The van der Waals surface area contributed by atoms with Gasteiger partial charge in [-0.3, -0.25) is 0 Å². The Morgan fingerprint density at radius 1 is 1.26 bits per heavy atom. The van der Waals surface area contributed by atoms with E-state index in [0.717, 1.165) is 0 Å². The molecule has 0 unspecified atom stereocenters. The zero-order valence-electron chi connectivity index (χ0n) is 10.5. The predicted molar refractivity (Wildman–Crippen MR) is 68.1 cm³/mol. The molecule has 0 amide bonds. The van der Waals surface area contributed by atoms with E-state index in [0.29, 0.717) is 25.1 Å². The van der Waals surface area contributed by atoms with Gasteiger partial charge in [0.1, 0.15) is 0 Å². The topological polar surface area (TPSA) is 46.6 Å². The van der Waals surface area contributed by atoms with Crippen LogP contribution >= 0.6 is 10.7 Å². The lowest BCUT2D eigenvalue weighted by atomic mass is 10.3. The Hall–Kier alpha value is -0.920. The lowest BCUT2D eigenvalue weighted by molar-refractivity contribution is 0.259. The average molecular weight is 314 g/mol. The maximum atomic E-state index is 13.5. The lowest BCUT2D eigenvalue weighted by Gasteiger charge is -2.11. The van der Waals surface area contributed by atoms with Gasteiger partial charge in [0.05, 0.1) is 11.5 Å². The van der Waals surface area contributed by atoms with Crippen molar-refractivity contribution in [3.8, 4) is 5.75 Å². The summed E-state index contributed by atoms with van der Waals surface area (Å²) in [5.74, 6) is -2.78. The Kier molecular flexibility index (Phi) is 5.51. The molecule has 1 aromatic rings. The molecule has 0 aliphatic carbocycles. The first kappa shape index (κ1) is 16.1. The monoisotopic (exact) mass is 313 g/mol. The van der Waals surface area contributed by atoms with Gasteiger partial charge in [0.15, 0.2) is 17.4 Å². The van der Waals surface area contributed by atoms with Crippen molar-refractivity contribution in [2.75, 3.05) is 27.2 Å². The maximum Gasteiger partial charge on any atom is 0.261 e. The van der Waals surface area contributed by atoms with Gasteiger partial charge >= 0.3 is 0 Å². The minimum atomic E-state index is -4.17. The fourth-order valence-electron chi connectivity index (χ4n) is 1.37. The van der Waals surface area contributed by atoms with E-state index < -0.39 is 31.3 Å². The van der Waals surface area contributed by atoms with Crippen LogP contribution in [0.3, 0.4) is 0 Å². The molecule has 1 rings (SSSR count). The minimum absolute atomic E-state index is 0.124. The summed E-state index contributed by atoms with van der Waals surface area (Å²) >= 11 is 0. The third kappa shape index (κ3) is 4.93. The highest BCUT2D eigenvalue weighted by Crippen LogP contribution is 2.27. The van der Waals surface area contributed by atoms with Gasteiger partial charge in [0, 0.05) is 17.2 Å². The molecule has 0 spiro atoms. The predicted octanol–water partition coefficient (Wildman–Crippen LogP) is 2.22. The van der Waals surface area contributed by atoms with E-state index in [2.05, 4.69) is 0 Å². The number of halogens is 3. The number of benzene rings is 1. The van der Waals surface area contributed by atoms with Crippen LogP contribution in [0.4, 0.5) is 8.78 Å². The van der Waals surface area contributed by atoms with Crippen LogP contribution in [0.5, 0.6) is 5.75 Å². The van der Waals surface area contributed by atoms with E-state index in [1.54, 1.807) is 0 Å². The molecule has 0 saturated heterocycles. The Balaban J connectivity index is 2.81. The van der Waals surface area contributed by atoms with E-state index in [4.69, 9.17) is 15.4 Å². The van der Waals surface area contributed by atoms with Crippen LogP contribution in [0.15, 0.2) is 17.0 Å². The Bertz CT molecular complexity index is 526. The molecule has 0 atom stereocenters. The molecule has 0 N–H and O–H groups in total. The van der Waals surface area contributed by atoms with Gasteiger partial charge in [-0.15, -0.1) is 0 Å². The summed E-state index contributed by atoms with van der Waals surface area (Å²) in [5, 5.41) is 0. The zero-order chi connectivity index (χ0) is 14.6. The first-order chi connectivity index (χ1) is 8.71. The average Bonchev–Trinajstić information content (AvgIpc) is 2.25. The first-order valence-electron chi connectivity index (χ1n) is 5.43. The van der Waals surface area contributed by atoms with Crippen LogP contribution in [0.2, 0.25) is 0 Å². The highest BCUT2D eigenvalue weighted by Gasteiger charge is 2.18. The van der Waals surface area contributed by atoms with Crippen molar-refractivity contribution in [1.82, 2.24) is 4.90 Å². The Morgan fingerprint density at radius 3 is 2.21 bits per heavy atom. The van der Waals surface area contributed by atoms with Crippen LogP contribution < -0.4 is 4.74 Å². The van der Waals surface area contributed by atoms with Gasteiger partial charge in [0.25, 0.3) is 9.05 Å². The molecular formula is C11H14ClF2NO3S. The van der Waals surface area contributed by atoms with E-state index >= 15 is 0 Å². The van der Waals surface area contributed by atoms with Crippen molar-refractivity contribution >= 4 is 19.7 Å². The van der Waals surface area contributed by atoms with Crippen molar-refractivity contribution < 1.29 is 21.9 Å². The van der Waals surface area contributed by atoms with Crippen molar-refractivity contribution in [2.24, 2.45) is 0 Å². The van der Waals surface area contributed by atoms with Crippen LogP contribution in [-0.2, 0) is 9.05 Å². The van der Waals surface area contributed by atoms with Gasteiger partial charge in [-0.25, -0.2) is 17.2 Å². The zero-order valence-corrected chi connectivity index (χ0v) is 12.1. The maximum absolute atomic E-state index is 13.5. The molecule has 0 aliphatic rings. The van der Waals surface area contributed by atoms with E-state index in [9.17, 15) is 17.2 Å². The third-order valence-electron chi connectivity index (χ3n) is 2.25. The second kappa shape index (κ2) is 6.49. The number of ether oxygens (including phenoxy) is 1. The number of hydrogen-bond donors (Lipinski definition) is 0. The molecule has 4 nitrogen and oxygen atoms in total. The fraction of sp³-hybridized carbons (Fsp3) is 0.455. The summed E-state index contributed by atoms with van der Waals surface area (Å²) in [5.41, 5.74) is 0. The highest BCUT2D eigenvalue weighted by molar-refractivity contribution is 8.13. The van der Waals surface area contributed by atoms with Crippen LogP contribution in [-0.4, -0.2) is 40.6 Å². The number of hydrogen-bond acceptors (Lipinski definition) is 4. The van der Waals surface area contributed by atoms with E-state index in [1.165, 1.54) is 0 Å². The fourth-order valence-corrected chi connectivity index (χ4v) is 2.13. The molecule has 108 valence electrons. The first-order valence-corrected chi connectivity index (χ1v) is 7.74. The lowest BCUT2D eigenvalue weighted by Crippen LogP contribution is -2.16. The smallest absolute Gasteiger partial charge is 0.261 e. The van der Waals surface area contributed by atoms with Crippen molar-refractivity contribution in [3.05, 3.63) is 23.8 Å². The molecule has 0 fully saturated rings. The number of rotatable bonds is 6. The van der Waals surface area contributed by atoms with Crippen LogP contribution in [0.25, 0.3) is 0 Å². The normalized spacial score (nSPS) is 11.9. The standard InChI is InChI=1S/C11H14ClF2NO3S/c1-15(2)4-3-5-18-11-9(13)6-8(7-10(11)14)19(12,16)17/h6-7H,3-5H2,1-2H3. The van der Waals surface area contributed by atoms with Crippen molar-refractivity contribution in [2.45, 2.75) is 11.3 Å². The van der Waals surface area contributed by atoms with Gasteiger partial charge in [-0.2, -0.15) is 0 Å². The SMILES string of the molecule is CN(C)CCCOc1c(F)cc(S(=O)(=O)Cl)cc1F. The summed E-state index contributed by atoms with van der Waals surface area (Å²) in [7, 11) is 4.56. The van der Waals surface area contributed by atoms with Crippen LogP contribution in [0.1, 0.15) is 6.42 Å². The second-order valence-corrected chi connectivity index (χ2v) is 6.73. The molecular weight excluding hydrogens is 300 g/mol. The van der Waals surface area contributed by atoms with Crippen molar-refractivity contribution in [1.29, 1.82) is 0 Å². The summed E-state index contributed by atoms with van der Waals surface area (Å²) in [6, 6.07) is 1.26. The molecule has 1 aromatic carbocycles. The molecule has 0 radical (unpaired) electrons.